The van der Waals surface area contributed by atoms with E-state index in [1.54, 1.807) is 0 Å². The number of carbonyl (C=O) groups is 1. The molecule has 0 radical (unpaired) electrons. The van der Waals surface area contributed by atoms with Crippen LogP contribution in [-0.4, -0.2) is 23.3 Å². The summed E-state index contributed by atoms with van der Waals surface area (Å²) in [7, 11) is 0. The van der Waals surface area contributed by atoms with Crippen molar-refractivity contribution in [1.29, 1.82) is 0 Å². The van der Waals surface area contributed by atoms with Gasteiger partial charge in [-0.25, -0.2) is 4.79 Å². The van der Waals surface area contributed by atoms with Gasteiger partial charge in [-0.1, -0.05) is 37.6 Å². The van der Waals surface area contributed by atoms with Gasteiger partial charge in [-0.3, -0.25) is 0 Å². The Labute approximate surface area is 139 Å². The third-order valence-corrected chi connectivity index (χ3v) is 5.93. The fraction of sp³-hybridized carbons (Fsp3) is 0.650. The van der Waals surface area contributed by atoms with Crippen molar-refractivity contribution in [1.82, 2.24) is 0 Å². The molecule has 3 atom stereocenters. The second-order valence-corrected chi connectivity index (χ2v) is 8.02. The van der Waals surface area contributed by atoms with Crippen molar-refractivity contribution in [3.63, 3.8) is 0 Å². The van der Waals surface area contributed by atoms with Gasteiger partial charge in [0.25, 0.3) is 0 Å². The Kier molecular flexibility index (Phi) is 4.26. The molecule has 0 amide bonds. The number of carbonyl (C=O) groups excluding carboxylic acids is 1. The lowest BCUT2D eigenvalue weighted by Gasteiger charge is -2.41. The van der Waals surface area contributed by atoms with E-state index >= 15 is 0 Å². The maximum Gasteiger partial charge on any atom is 0.334 e. The van der Waals surface area contributed by atoms with E-state index in [0.717, 1.165) is 42.4 Å². The molecular formula is C20H28O3. The van der Waals surface area contributed by atoms with Crippen LogP contribution >= 0.6 is 0 Å². The predicted octanol–water partition coefficient (Wildman–Crippen LogP) is 4.08. The summed E-state index contributed by atoms with van der Waals surface area (Å²) in [5, 5.41) is 10.2. The highest BCUT2D eigenvalue weighted by Gasteiger charge is 2.48. The zero-order chi connectivity index (χ0) is 16.8. The molecule has 1 N–H and O–H groups in total. The van der Waals surface area contributed by atoms with E-state index in [-0.39, 0.29) is 17.5 Å². The first-order valence-corrected chi connectivity index (χ1v) is 8.75. The normalized spacial score (nSPS) is 36.7. The number of hydrogen-bond donors (Lipinski definition) is 1. The minimum atomic E-state index is -0.486. The van der Waals surface area contributed by atoms with Crippen LogP contribution < -0.4 is 0 Å². The molecule has 0 saturated heterocycles. The molecule has 3 aliphatic rings. The number of rotatable bonds is 0. The maximum absolute atomic E-state index is 12.3. The fourth-order valence-corrected chi connectivity index (χ4v) is 4.68. The van der Waals surface area contributed by atoms with Gasteiger partial charge >= 0.3 is 5.97 Å². The number of ether oxygens (including phenoxy) is 1. The first-order chi connectivity index (χ1) is 10.8. The zero-order valence-electron chi connectivity index (χ0n) is 14.5. The highest BCUT2D eigenvalue weighted by molar-refractivity contribution is 5.93. The van der Waals surface area contributed by atoms with Crippen molar-refractivity contribution < 1.29 is 14.6 Å². The average molecular weight is 316 g/mol. The topological polar surface area (TPSA) is 46.5 Å². The molecule has 0 saturated carbocycles. The lowest BCUT2D eigenvalue weighted by molar-refractivity contribution is -0.139. The Bertz CT molecular complexity index is 594. The van der Waals surface area contributed by atoms with Gasteiger partial charge in [-0.05, 0) is 55.9 Å². The minimum absolute atomic E-state index is 0.0111. The summed E-state index contributed by atoms with van der Waals surface area (Å²) in [4.78, 5) is 12.3. The second-order valence-electron chi connectivity index (χ2n) is 8.02. The molecule has 3 heteroatoms. The minimum Gasteiger partial charge on any atom is -0.454 e. The van der Waals surface area contributed by atoms with E-state index in [2.05, 4.69) is 20.4 Å². The molecule has 23 heavy (non-hydrogen) atoms. The summed E-state index contributed by atoms with van der Waals surface area (Å²) in [6.07, 6.45) is 6.47. The van der Waals surface area contributed by atoms with Crippen LogP contribution in [0.1, 0.15) is 59.3 Å². The van der Waals surface area contributed by atoms with Crippen LogP contribution in [0.3, 0.4) is 0 Å². The van der Waals surface area contributed by atoms with E-state index < -0.39 is 6.10 Å². The van der Waals surface area contributed by atoms with Gasteiger partial charge in [-0.2, -0.15) is 0 Å². The standard InChI is InChI=1S/C20H28O3/c1-12-5-6-14-7-8-16-18(20(14,3)4)17(23-19(16)22)11-13(2)10-15(21)9-12/h10,14-15,17,21H,1,5-9,11H2,2-4H3/b13-10+/t14-,15+,17-/m1/s1. The molecule has 0 aromatic heterocycles. The van der Waals surface area contributed by atoms with Crippen molar-refractivity contribution in [2.75, 3.05) is 0 Å². The van der Waals surface area contributed by atoms with Crippen LogP contribution in [0.4, 0.5) is 0 Å². The van der Waals surface area contributed by atoms with Crippen molar-refractivity contribution in [3.05, 3.63) is 34.9 Å². The second kappa shape index (κ2) is 5.94. The number of esters is 1. The third-order valence-electron chi connectivity index (χ3n) is 5.93. The average Bonchev–Trinajstić information content (AvgIpc) is 2.73. The largest absolute Gasteiger partial charge is 0.454 e. The van der Waals surface area contributed by atoms with Gasteiger partial charge in [0.2, 0.25) is 0 Å². The van der Waals surface area contributed by atoms with Gasteiger partial charge < -0.3 is 9.84 Å². The van der Waals surface area contributed by atoms with E-state index in [1.165, 1.54) is 5.57 Å². The molecule has 0 aromatic carbocycles. The number of aliphatic hydroxyl groups excluding tert-OH is 1. The SMILES string of the molecule is C=C1CC[C@@H]2CCC3=C([C@@H](C/C(C)=C/[C@@H](O)C1)OC3=O)C2(C)C. The monoisotopic (exact) mass is 316 g/mol. The molecule has 0 aromatic rings. The lowest BCUT2D eigenvalue weighted by atomic mass is 9.62. The number of aliphatic hydroxyl groups is 1. The Morgan fingerprint density at radius 3 is 2.70 bits per heavy atom. The zero-order valence-corrected chi connectivity index (χ0v) is 14.5. The number of fused-ring (bicyclic) bond motifs is 1. The summed E-state index contributed by atoms with van der Waals surface area (Å²) in [5.41, 5.74) is 4.32. The van der Waals surface area contributed by atoms with Crippen LogP contribution in [0.5, 0.6) is 0 Å². The quantitative estimate of drug-likeness (QED) is 0.541. The summed E-state index contributed by atoms with van der Waals surface area (Å²) < 4.78 is 5.71. The molecule has 1 aliphatic heterocycles. The first-order valence-electron chi connectivity index (χ1n) is 8.75. The van der Waals surface area contributed by atoms with Gasteiger partial charge in [-0.15, -0.1) is 0 Å². The van der Waals surface area contributed by atoms with Crippen LogP contribution in [0, 0.1) is 11.3 Å². The third kappa shape index (κ3) is 3.03. The molecule has 3 rings (SSSR count). The summed E-state index contributed by atoms with van der Waals surface area (Å²) in [6, 6.07) is 0. The Hall–Kier alpha value is -1.35. The molecule has 3 nitrogen and oxygen atoms in total. The van der Waals surface area contributed by atoms with Crippen LogP contribution in [-0.2, 0) is 9.53 Å². The molecule has 0 spiro atoms. The molecule has 0 unspecified atom stereocenters. The van der Waals surface area contributed by atoms with Gasteiger partial charge in [0.05, 0.1) is 6.10 Å². The first kappa shape index (κ1) is 16.5. The summed E-state index contributed by atoms with van der Waals surface area (Å²) in [5.74, 6) is 0.417. The predicted molar refractivity (Wildman–Crippen MR) is 90.8 cm³/mol. The van der Waals surface area contributed by atoms with Crippen molar-refractivity contribution >= 4 is 5.97 Å². The molecular weight excluding hydrogens is 288 g/mol. The summed E-state index contributed by atoms with van der Waals surface area (Å²) >= 11 is 0. The molecule has 2 aliphatic carbocycles. The van der Waals surface area contributed by atoms with Crippen LogP contribution in [0.15, 0.2) is 34.9 Å². The Balaban J connectivity index is 2.01. The molecule has 0 fully saturated rings. The highest BCUT2D eigenvalue weighted by atomic mass is 16.5. The molecule has 1 heterocycles. The van der Waals surface area contributed by atoms with Gasteiger partial charge in [0.1, 0.15) is 6.10 Å². The van der Waals surface area contributed by atoms with Gasteiger partial charge in [0.15, 0.2) is 0 Å². The van der Waals surface area contributed by atoms with E-state index in [0.29, 0.717) is 18.8 Å². The van der Waals surface area contributed by atoms with E-state index in [9.17, 15) is 9.90 Å². The molecule has 2 bridgehead atoms. The molecule has 126 valence electrons. The van der Waals surface area contributed by atoms with Crippen LogP contribution in [0.2, 0.25) is 0 Å². The lowest BCUT2D eigenvalue weighted by Crippen LogP contribution is -2.34. The smallest absolute Gasteiger partial charge is 0.334 e. The van der Waals surface area contributed by atoms with Crippen molar-refractivity contribution in [2.45, 2.75) is 71.5 Å². The highest BCUT2D eigenvalue weighted by Crippen LogP contribution is 2.52. The van der Waals surface area contributed by atoms with E-state index in [4.69, 9.17) is 4.74 Å². The fourth-order valence-electron chi connectivity index (χ4n) is 4.68. The van der Waals surface area contributed by atoms with E-state index in [1.807, 2.05) is 13.0 Å². The Morgan fingerprint density at radius 1 is 1.26 bits per heavy atom. The maximum atomic E-state index is 12.3. The van der Waals surface area contributed by atoms with Gasteiger partial charge in [0, 0.05) is 12.0 Å². The summed E-state index contributed by atoms with van der Waals surface area (Å²) in [6.45, 7) is 10.7. The van der Waals surface area contributed by atoms with Crippen LogP contribution in [0.25, 0.3) is 0 Å². The van der Waals surface area contributed by atoms with Crippen molar-refractivity contribution in [2.24, 2.45) is 11.3 Å². The number of hydrogen-bond acceptors (Lipinski definition) is 3. The van der Waals surface area contributed by atoms with Crippen molar-refractivity contribution in [3.8, 4) is 0 Å². The Morgan fingerprint density at radius 2 is 1.96 bits per heavy atom.